The highest BCUT2D eigenvalue weighted by molar-refractivity contribution is 6.43. The van der Waals surface area contributed by atoms with Gasteiger partial charge in [-0.05, 0) is 69.4 Å². The predicted octanol–water partition coefficient (Wildman–Crippen LogP) is 4.60. The third kappa shape index (κ3) is 7.05. The Bertz CT molecular complexity index is 1180. The van der Waals surface area contributed by atoms with Crippen LogP contribution in [0.3, 0.4) is 0 Å². The van der Waals surface area contributed by atoms with Crippen molar-refractivity contribution >= 4 is 23.6 Å². The van der Waals surface area contributed by atoms with Crippen LogP contribution in [-0.4, -0.2) is 86.0 Å². The Morgan fingerprint density at radius 1 is 0.953 bits per heavy atom. The molecule has 2 heterocycles. The van der Waals surface area contributed by atoms with Crippen LogP contribution in [-0.2, 0) is 19.1 Å². The maximum absolute atomic E-state index is 13.7. The summed E-state index contributed by atoms with van der Waals surface area (Å²) in [5, 5.41) is 0. The number of esters is 1. The molecule has 0 radical (unpaired) electrons. The summed E-state index contributed by atoms with van der Waals surface area (Å²) >= 11 is 0. The summed E-state index contributed by atoms with van der Waals surface area (Å²) in [4.78, 5) is 56.8. The minimum absolute atomic E-state index is 0. The van der Waals surface area contributed by atoms with Gasteiger partial charge in [0.1, 0.15) is 6.04 Å². The minimum Gasteiger partial charge on any atom is -0.493 e. The van der Waals surface area contributed by atoms with Gasteiger partial charge in [-0.3, -0.25) is 19.2 Å². The molecule has 236 valence electrons. The Morgan fingerprint density at radius 3 is 2.19 bits per heavy atom. The highest BCUT2D eigenvalue weighted by Gasteiger charge is 2.49. The third-order valence-corrected chi connectivity index (χ3v) is 8.73. The number of Topliss-reactive ketones (excluding diaryl/α,β-unsaturated/α-hetero) is 1. The molecule has 1 aromatic carbocycles. The molecule has 2 saturated heterocycles. The molecule has 1 aliphatic carbocycles. The summed E-state index contributed by atoms with van der Waals surface area (Å²) in [6.45, 7) is 8.15. The van der Waals surface area contributed by atoms with Crippen LogP contribution in [0.4, 0.5) is 0 Å². The van der Waals surface area contributed by atoms with Gasteiger partial charge in [0.05, 0.1) is 39.9 Å². The molecule has 3 fully saturated rings. The average molecular weight is 599 g/mol. The van der Waals surface area contributed by atoms with E-state index in [-0.39, 0.29) is 60.3 Å². The van der Waals surface area contributed by atoms with Crippen LogP contribution in [0, 0.1) is 11.8 Å². The molecule has 0 aromatic heterocycles. The van der Waals surface area contributed by atoms with Gasteiger partial charge in [-0.2, -0.15) is 0 Å². The van der Waals surface area contributed by atoms with Crippen molar-refractivity contribution in [3.8, 4) is 17.2 Å². The second kappa shape index (κ2) is 15.1. The fourth-order valence-corrected chi connectivity index (χ4v) is 6.59. The van der Waals surface area contributed by atoms with Crippen LogP contribution in [0.2, 0.25) is 0 Å². The van der Waals surface area contributed by atoms with E-state index in [4.69, 9.17) is 18.9 Å². The molecular formula is C33H46N2O8. The number of nitrogens with zero attached hydrogens (tertiary/aromatic N) is 2. The van der Waals surface area contributed by atoms with Gasteiger partial charge in [-0.25, -0.2) is 0 Å². The Kier molecular flexibility index (Phi) is 11.8. The monoisotopic (exact) mass is 598 g/mol. The Labute approximate surface area is 255 Å². The SMILES string of the molecule is C.C=CCC(CC=C)C(=O)OC[C@@H]1CC[C@H](N2CC3CCCC(C2=O)N3C(=O)C(=O)c2cc(OC)c(OC)c(OC)c2)C1. The Morgan fingerprint density at radius 2 is 1.60 bits per heavy atom. The molecule has 0 spiro atoms. The van der Waals surface area contributed by atoms with Crippen LogP contribution in [0.5, 0.6) is 17.2 Å². The van der Waals surface area contributed by atoms with Crippen LogP contribution < -0.4 is 14.2 Å². The molecule has 3 aliphatic rings. The highest BCUT2D eigenvalue weighted by Crippen LogP contribution is 2.40. The van der Waals surface area contributed by atoms with Gasteiger partial charge >= 0.3 is 5.97 Å². The van der Waals surface area contributed by atoms with Crippen molar-refractivity contribution in [1.29, 1.82) is 0 Å². The first-order valence-corrected chi connectivity index (χ1v) is 14.6. The van der Waals surface area contributed by atoms with Crippen molar-refractivity contribution in [3.05, 3.63) is 43.0 Å². The van der Waals surface area contributed by atoms with Crippen molar-refractivity contribution in [2.75, 3.05) is 34.5 Å². The molecule has 4 atom stereocenters. The first-order chi connectivity index (χ1) is 20.3. The quantitative estimate of drug-likeness (QED) is 0.140. The number of carbonyl (C=O) groups excluding carboxylic acids is 4. The largest absolute Gasteiger partial charge is 0.493 e. The summed E-state index contributed by atoms with van der Waals surface area (Å²) in [7, 11) is 4.34. The standard InChI is InChI=1S/C32H42N2O8.CH4/c1-6-9-21(10-7-2)32(38)42-19-20-13-14-23(15-20)33-18-24-11-8-12-25(30(33)36)34(24)31(37)28(35)22-16-26(39-3)29(41-5)27(17-22)40-4;/h6-7,16-17,20-21,23-25H,1-2,8-15,18-19H2,3-5H3;1H4/t20-,23+,24?,25?;/m1./s1. The lowest BCUT2D eigenvalue weighted by molar-refractivity contribution is -0.159. The van der Waals surface area contributed by atoms with Crippen molar-refractivity contribution in [2.24, 2.45) is 11.8 Å². The highest BCUT2D eigenvalue weighted by atomic mass is 16.5. The van der Waals surface area contributed by atoms with E-state index in [2.05, 4.69) is 13.2 Å². The number of allylic oxidation sites excluding steroid dienone is 2. The number of hydrogen-bond acceptors (Lipinski definition) is 8. The van der Waals surface area contributed by atoms with Gasteiger partial charge in [0.2, 0.25) is 11.7 Å². The predicted molar refractivity (Wildman–Crippen MR) is 162 cm³/mol. The molecule has 2 unspecified atom stereocenters. The molecule has 0 N–H and O–H groups in total. The van der Waals surface area contributed by atoms with E-state index in [1.807, 2.05) is 4.90 Å². The second-order valence-electron chi connectivity index (χ2n) is 11.3. The number of ketones is 1. The van der Waals surface area contributed by atoms with Crippen LogP contribution in [0.15, 0.2) is 37.4 Å². The molecule has 1 saturated carbocycles. The molecule has 10 nitrogen and oxygen atoms in total. The van der Waals surface area contributed by atoms with Crippen LogP contribution in [0.25, 0.3) is 0 Å². The maximum atomic E-state index is 13.7. The molecule has 43 heavy (non-hydrogen) atoms. The number of benzene rings is 1. The van der Waals surface area contributed by atoms with Crippen molar-refractivity contribution in [3.63, 3.8) is 0 Å². The lowest BCUT2D eigenvalue weighted by Gasteiger charge is -2.50. The van der Waals surface area contributed by atoms with Gasteiger partial charge in [0, 0.05) is 18.2 Å². The van der Waals surface area contributed by atoms with Crippen molar-refractivity contribution in [1.82, 2.24) is 9.80 Å². The zero-order valence-electron chi connectivity index (χ0n) is 24.8. The topological polar surface area (TPSA) is 112 Å². The summed E-state index contributed by atoms with van der Waals surface area (Å²) in [5.74, 6) is -1.02. The second-order valence-corrected chi connectivity index (χ2v) is 11.3. The van der Waals surface area contributed by atoms with Crippen molar-refractivity contribution < 1.29 is 38.1 Å². The molecular weight excluding hydrogens is 552 g/mol. The van der Waals surface area contributed by atoms with Crippen molar-refractivity contribution in [2.45, 2.75) is 76.9 Å². The molecule has 1 aromatic rings. The Balaban J connectivity index is 0.00000506. The van der Waals surface area contributed by atoms with E-state index in [1.54, 1.807) is 12.2 Å². The Hall–Kier alpha value is -3.82. The molecule has 2 bridgehead atoms. The summed E-state index contributed by atoms with van der Waals surface area (Å²) in [6, 6.07) is 2.02. The van der Waals surface area contributed by atoms with Gasteiger partial charge < -0.3 is 28.7 Å². The van der Waals surface area contributed by atoms with E-state index in [0.29, 0.717) is 38.2 Å². The number of piperazine rings is 1. The number of fused-ring (bicyclic) bond motifs is 2. The van der Waals surface area contributed by atoms with E-state index >= 15 is 0 Å². The fraction of sp³-hybridized carbons (Fsp3) is 0.576. The zero-order valence-corrected chi connectivity index (χ0v) is 24.8. The van der Waals surface area contributed by atoms with Gasteiger partial charge in [0.15, 0.2) is 11.5 Å². The fourth-order valence-electron chi connectivity index (χ4n) is 6.59. The van der Waals surface area contributed by atoms with Crippen LogP contribution in [0.1, 0.15) is 69.2 Å². The van der Waals surface area contributed by atoms with Gasteiger partial charge in [-0.15, -0.1) is 13.2 Å². The lowest BCUT2D eigenvalue weighted by Crippen LogP contribution is -2.67. The maximum Gasteiger partial charge on any atom is 0.309 e. The minimum atomic E-state index is -0.721. The number of piperidine rings is 1. The molecule has 4 rings (SSSR count). The number of carbonyl (C=O) groups is 4. The average Bonchev–Trinajstić information content (AvgIpc) is 3.48. The summed E-state index contributed by atoms with van der Waals surface area (Å²) in [5.41, 5.74) is 0.110. The third-order valence-electron chi connectivity index (χ3n) is 8.73. The zero-order chi connectivity index (χ0) is 30.4. The smallest absolute Gasteiger partial charge is 0.309 e. The van der Waals surface area contributed by atoms with E-state index in [0.717, 1.165) is 32.1 Å². The first kappa shape index (κ1) is 33.7. The number of hydrogen-bond donors (Lipinski definition) is 0. The number of amides is 2. The lowest BCUT2D eigenvalue weighted by atomic mass is 9.88. The number of rotatable bonds is 13. The van der Waals surface area contributed by atoms with Crippen LogP contribution >= 0.6 is 0 Å². The number of methoxy groups -OCH3 is 3. The first-order valence-electron chi connectivity index (χ1n) is 14.6. The summed E-state index contributed by atoms with van der Waals surface area (Å²) < 4.78 is 21.7. The summed E-state index contributed by atoms with van der Waals surface area (Å²) in [6.07, 6.45) is 8.97. The number of likely N-dealkylation sites (tertiary alicyclic amines) is 1. The van der Waals surface area contributed by atoms with E-state index in [1.165, 1.54) is 38.4 Å². The van der Waals surface area contributed by atoms with Gasteiger partial charge in [0.25, 0.3) is 11.7 Å². The molecule has 2 aliphatic heterocycles. The van der Waals surface area contributed by atoms with E-state index < -0.39 is 17.7 Å². The normalized spacial score (nSPS) is 22.8. The van der Waals surface area contributed by atoms with Gasteiger partial charge in [-0.1, -0.05) is 19.6 Å². The van der Waals surface area contributed by atoms with E-state index in [9.17, 15) is 19.2 Å². The molecule has 10 heteroatoms. The number of ether oxygens (including phenoxy) is 4. The molecule has 2 amide bonds.